The summed E-state index contributed by atoms with van der Waals surface area (Å²) in [5, 5.41) is 26.2. The zero-order valence-electron chi connectivity index (χ0n) is 22.4. The number of fused-ring (bicyclic) bond motifs is 1. The third kappa shape index (κ3) is 4.56. The number of anilines is 1. The number of rotatable bonds is 4. The van der Waals surface area contributed by atoms with E-state index in [2.05, 4.69) is 31.4 Å². The van der Waals surface area contributed by atoms with Gasteiger partial charge in [-0.05, 0) is 30.7 Å². The van der Waals surface area contributed by atoms with E-state index in [1.54, 1.807) is 35.5 Å². The number of piperidine rings is 1. The largest absolute Gasteiger partial charge is 0.504 e. The molecule has 1 aliphatic rings. The molecule has 0 amide bonds. The molecule has 14 heteroatoms. The molecule has 0 N–H and O–H groups in total. The van der Waals surface area contributed by atoms with Gasteiger partial charge in [-0.3, -0.25) is 4.68 Å². The van der Waals surface area contributed by atoms with Crippen molar-refractivity contribution in [2.24, 2.45) is 14.1 Å². The molecule has 0 aliphatic carbocycles. The number of pyridine rings is 1. The summed E-state index contributed by atoms with van der Waals surface area (Å²) in [7, 11) is 3.49. The van der Waals surface area contributed by atoms with Crippen LogP contribution in [0.3, 0.4) is 0 Å². The molecule has 41 heavy (non-hydrogen) atoms. The van der Waals surface area contributed by atoms with E-state index in [4.69, 9.17) is 0 Å². The number of hydrogen-bond donors (Lipinski definition) is 0. The van der Waals surface area contributed by atoms with Gasteiger partial charge in [-0.25, -0.2) is 9.37 Å². The molecule has 10 nitrogen and oxygen atoms in total. The highest BCUT2D eigenvalue weighted by Crippen LogP contribution is 2.43. The van der Waals surface area contributed by atoms with E-state index in [1.807, 2.05) is 24.1 Å². The minimum Gasteiger partial charge on any atom is -0.370 e. The molecule has 0 unspecified atom stereocenters. The maximum atomic E-state index is 16.0. The van der Waals surface area contributed by atoms with E-state index in [1.165, 1.54) is 12.5 Å². The van der Waals surface area contributed by atoms with Crippen LogP contribution in [0.15, 0.2) is 43.1 Å². The van der Waals surface area contributed by atoms with Gasteiger partial charge in [0.15, 0.2) is 17.1 Å². The molecule has 0 spiro atoms. The predicted octanol–water partition coefficient (Wildman–Crippen LogP) is 4.75. The molecule has 0 saturated carbocycles. The van der Waals surface area contributed by atoms with Crippen molar-refractivity contribution >= 4 is 16.7 Å². The first-order valence-electron chi connectivity index (χ1n) is 12.8. The first-order chi connectivity index (χ1) is 19.5. The lowest BCUT2D eigenvalue weighted by Crippen LogP contribution is -2.42. The Labute approximate surface area is 231 Å². The number of nitrogens with zero attached hydrogens (tertiary/aromatic N) is 10. The van der Waals surface area contributed by atoms with Gasteiger partial charge in [0.2, 0.25) is 0 Å². The van der Waals surface area contributed by atoms with Crippen molar-refractivity contribution in [3.8, 4) is 28.3 Å². The highest BCUT2D eigenvalue weighted by molar-refractivity contribution is 5.91. The molecule has 5 heterocycles. The van der Waals surface area contributed by atoms with E-state index in [0.29, 0.717) is 27.9 Å². The first kappa shape index (κ1) is 26.4. The first-order valence-corrected chi connectivity index (χ1v) is 12.8. The smallest absolute Gasteiger partial charge is 0.370 e. The van der Waals surface area contributed by atoms with Crippen LogP contribution in [0.2, 0.25) is 0 Å². The van der Waals surface area contributed by atoms with Crippen molar-refractivity contribution in [2.45, 2.75) is 31.7 Å². The van der Waals surface area contributed by atoms with Crippen LogP contribution in [0.1, 0.15) is 29.9 Å². The number of halogens is 4. The van der Waals surface area contributed by atoms with Gasteiger partial charge in [-0.2, -0.15) is 15.0 Å². The van der Waals surface area contributed by atoms with Gasteiger partial charge in [0, 0.05) is 80.7 Å². The highest BCUT2D eigenvalue weighted by Gasteiger charge is 2.41. The molecule has 1 fully saturated rings. The zero-order valence-corrected chi connectivity index (χ0v) is 22.4. The van der Waals surface area contributed by atoms with Crippen molar-refractivity contribution in [1.82, 2.24) is 39.3 Å². The van der Waals surface area contributed by atoms with E-state index in [-0.39, 0.29) is 47.5 Å². The van der Waals surface area contributed by atoms with Crippen molar-refractivity contribution in [1.29, 1.82) is 5.26 Å². The quantitative estimate of drug-likeness (QED) is 0.290. The Bertz CT molecular complexity index is 1820. The second kappa shape index (κ2) is 9.39. The Morgan fingerprint density at radius 3 is 2.37 bits per heavy atom. The maximum absolute atomic E-state index is 16.0. The summed E-state index contributed by atoms with van der Waals surface area (Å²) in [6.45, 7) is 2.40. The van der Waals surface area contributed by atoms with Gasteiger partial charge in [-0.1, -0.05) is 0 Å². The lowest BCUT2D eigenvalue weighted by molar-refractivity contribution is -0.211. The van der Waals surface area contributed by atoms with Crippen molar-refractivity contribution < 1.29 is 17.6 Å². The summed E-state index contributed by atoms with van der Waals surface area (Å²) < 4.78 is 59.0. The topological polar surface area (TPSA) is 106 Å². The van der Waals surface area contributed by atoms with Gasteiger partial charge in [0.1, 0.15) is 12.4 Å². The summed E-state index contributed by atoms with van der Waals surface area (Å²) in [4.78, 5) is 6.13. The molecule has 1 aromatic carbocycles. The number of aryl methyl sites for hydroxylation is 3. The van der Waals surface area contributed by atoms with Gasteiger partial charge in [-0.15, -0.1) is 28.5 Å². The third-order valence-corrected chi connectivity index (χ3v) is 7.47. The highest BCUT2D eigenvalue weighted by atomic mass is 19.4. The molecule has 5 aromatic rings. The summed E-state index contributed by atoms with van der Waals surface area (Å²) >= 11 is 0. The molecule has 210 valence electrons. The van der Waals surface area contributed by atoms with Crippen LogP contribution in [0.5, 0.6) is 0 Å². The van der Waals surface area contributed by atoms with Gasteiger partial charge in [0.25, 0.3) is 0 Å². The van der Waals surface area contributed by atoms with Gasteiger partial charge >= 0.3 is 6.30 Å². The van der Waals surface area contributed by atoms with Crippen molar-refractivity contribution in [2.75, 3.05) is 18.0 Å². The number of benzene rings is 1. The molecule has 4 aromatic heterocycles. The van der Waals surface area contributed by atoms with Crippen LogP contribution in [0, 0.1) is 18.3 Å². The van der Waals surface area contributed by atoms with Crippen LogP contribution in [0.4, 0.5) is 23.2 Å². The average molecular weight is 565 g/mol. The van der Waals surface area contributed by atoms with Crippen LogP contribution in [-0.2, 0) is 26.1 Å². The minimum absolute atomic E-state index is 0.0590. The average Bonchev–Trinajstić information content (AvgIpc) is 3.65. The summed E-state index contributed by atoms with van der Waals surface area (Å²) in [6.07, 6.45) is 1.16. The number of alkyl halides is 4. The Morgan fingerprint density at radius 1 is 1.00 bits per heavy atom. The molecular weight excluding hydrogens is 540 g/mol. The Hall–Kier alpha value is -4.80. The Balaban J connectivity index is 1.48. The molecule has 0 atom stereocenters. The van der Waals surface area contributed by atoms with E-state index >= 15 is 4.39 Å². The van der Waals surface area contributed by atoms with Crippen molar-refractivity contribution in [3.63, 3.8) is 0 Å². The number of hydrogen-bond acceptors (Lipinski definition) is 7. The lowest BCUT2D eigenvalue weighted by atomic mass is 9.89. The minimum atomic E-state index is -4.69. The molecule has 0 bridgehead atoms. The second-order valence-electron chi connectivity index (χ2n) is 10.2. The molecule has 0 radical (unpaired) electrons. The van der Waals surface area contributed by atoms with Crippen LogP contribution < -0.4 is 4.90 Å². The fourth-order valence-electron chi connectivity index (χ4n) is 5.51. The van der Waals surface area contributed by atoms with Crippen LogP contribution in [0.25, 0.3) is 33.3 Å². The van der Waals surface area contributed by atoms with Gasteiger partial charge in [0.05, 0.1) is 16.9 Å². The summed E-state index contributed by atoms with van der Waals surface area (Å²) in [5.74, 6) is 0.247. The van der Waals surface area contributed by atoms with Crippen LogP contribution >= 0.6 is 0 Å². The standard InChI is InChI=1S/C27H24F4N10/c1-16-22(14-39(3)36-16)17-8-18(11-32)23(40-6-4-26(28,5-7-40)25-35-34-15-38(25)2)21(10-17)19-9-20-13-41(27(29,30)31)37-24(20)33-12-19/h8-10,12-15H,4-7H2,1-3H3. The fourth-order valence-corrected chi connectivity index (χ4v) is 5.51. The lowest BCUT2D eigenvalue weighted by Gasteiger charge is -2.38. The number of aromatic nitrogens is 8. The zero-order chi connectivity index (χ0) is 29.1. The van der Waals surface area contributed by atoms with Gasteiger partial charge < -0.3 is 9.47 Å². The SMILES string of the molecule is Cc1nn(C)cc1-c1cc(C#N)c(N2CCC(F)(c3nncn3C)CC2)c(-c2cnc3nn(C(F)(F)F)cc3c2)c1. The fraction of sp³-hybridized carbons (Fsp3) is 0.333. The molecule has 6 rings (SSSR count). The van der Waals surface area contributed by atoms with E-state index < -0.39 is 12.0 Å². The van der Waals surface area contributed by atoms with E-state index in [0.717, 1.165) is 17.5 Å². The predicted molar refractivity (Wildman–Crippen MR) is 141 cm³/mol. The monoisotopic (exact) mass is 564 g/mol. The maximum Gasteiger partial charge on any atom is 0.504 e. The van der Waals surface area contributed by atoms with Crippen LogP contribution in [-0.4, -0.2) is 52.4 Å². The third-order valence-electron chi connectivity index (χ3n) is 7.47. The second-order valence-corrected chi connectivity index (χ2v) is 10.2. The molecule has 1 saturated heterocycles. The normalized spacial score (nSPS) is 15.4. The molecular formula is C27H24F4N10. The number of nitriles is 1. The summed E-state index contributed by atoms with van der Waals surface area (Å²) in [5.41, 5.74) is 2.51. The Morgan fingerprint density at radius 2 is 1.76 bits per heavy atom. The Kier molecular flexibility index (Phi) is 6.05. The van der Waals surface area contributed by atoms with E-state index in [9.17, 15) is 18.4 Å². The molecule has 1 aliphatic heterocycles. The summed E-state index contributed by atoms with van der Waals surface area (Å²) in [6, 6.07) is 7.49. The van der Waals surface area contributed by atoms with Crippen molar-refractivity contribution in [3.05, 3.63) is 60.2 Å².